The van der Waals surface area contributed by atoms with E-state index in [0.717, 1.165) is 32.1 Å². The second kappa shape index (κ2) is 4.10. The Hall–Kier alpha value is -0.340. The monoisotopic (exact) mass is 238 g/mol. The van der Waals surface area contributed by atoms with Crippen LogP contribution < -0.4 is 0 Å². The van der Waals surface area contributed by atoms with E-state index in [2.05, 4.69) is 6.58 Å². The molecule has 2 aliphatic rings. The molecule has 2 saturated carbocycles. The number of rotatable bonds is 1. The van der Waals surface area contributed by atoms with E-state index in [1.165, 1.54) is 5.57 Å². The van der Waals surface area contributed by atoms with E-state index in [4.69, 9.17) is 0 Å². The van der Waals surface area contributed by atoms with Gasteiger partial charge in [-0.2, -0.15) is 0 Å². The van der Waals surface area contributed by atoms with Gasteiger partial charge in [-0.05, 0) is 70.6 Å². The molecule has 2 fully saturated rings. The Kier molecular flexibility index (Phi) is 3.16. The van der Waals surface area contributed by atoms with E-state index in [0.29, 0.717) is 17.8 Å². The van der Waals surface area contributed by atoms with Crippen LogP contribution in [0, 0.1) is 17.8 Å². The number of aliphatic hydroxyl groups is 2. The fraction of sp³-hybridized carbons (Fsp3) is 0.867. The van der Waals surface area contributed by atoms with E-state index < -0.39 is 11.2 Å². The van der Waals surface area contributed by atoms with Crippen molar-refractivity contribution in [2.24, 2.45) is 17.8 Å². The van der Waals surface area contributed by atoms with Gasteiger partial charge in [-0.15, -0.1) is 0 Å². The van der Waals surface area contributed by atoms with Crippen molar-refractivity contribution in [2.75, 3.05) is 0 Å². The quantitative estimate of drug-likeness (QED) is 0.690. The largest absolute Gasteiger partial charge is 0.390 e. The zero-order valence-corrected chi connectivity index (χ0v) is 11.4. The highest BCUT2D eigenvalue weighted by atomic mass is 16.3. The van der Waals surface area contributed by atoms with Crippen molar-refractivity contribution in [3.8, 4) is 0 Å². The van der Waals surface area contributed by atoms with Gasteiger partial charge in [0.05, 0.1) is 11.2 Å². The molecule has 0 spiro atoms. The molecule has 0 saturated heterocycles. The first kappa shape index (κ1) is 13.1. The average molecular weight is 238 g/mol. The van der Waals surface area contributed by atoms with E-state index in [9.17, 15) is 10.2 Å². The summed E-state index contributed by atoms with van der Waals surface area (Å²) in [6.45, 7) is 9.95. The smallest absolute Gasteiger partial charge is 0.0623 e. The minimum atomic E-state index is -0.642. The highest BCUT2D eigenvalue weighted by molar-refractivity contribution is 5.13. The van der Waals surface area contributed by atoms with Crippen LogP contribution >= 0.6 is 0 Å². The van der Waals surface area contributed by atoms with Gasteiger partial charge >= 0.3 is 0 Å². The molecule has 2 heteroatoms. The number of hydrogen-bond donors (Lipinski definition) is 2. The molecule has 0 radical (unpaired) electrons. The number of hydrogen-bond acceptors (Lipinski definition) is 2. The Morgan fingerprint density at radius 3 is 2.59 bits per heavy atom. The van der Waals surface area contributed by atoms with Crippen molar-refractivity contribution in [1.29, 1.82) is 0 Å². The maximum atomic E-state index is 10.3. The maximum absolute atomic E-state index is 10.3. The minimum absolute atomic E-state index is 0.296. The zero-order valence-electron chi connectivity index (χ0n) is 11.4. The molecule has 17 heavy (non-hydrogen) atoms. The van der Waals surface area contributed by atoms with Crippen LogP contribution in [-0.2, 0) is 0 Å². The van der Waals surface area contributed by atoms with Gasteiger partial charge in [-0.25, -0.2) is 0 Å². The van der Waals surface area contributed by atoms with Crippen LogP contribution in [-0.4, -0.2) is 21.4 Å². The second-order valence-electron chi connectivity index (χ2n) is 6.97. The van der Waals surface area contributed by atoms with Crippen molar-refractivity contribution < 1.29 is 10.2 Å². The normalized spacial score (nSPS) is 43.4. The molecule has 0 aromatic carbocycles. The van der Waals surface area contributed by atoms with Gasteiger partial charge in [-0.1, -0.05) is 12.2 Å². The minimum Gasteiger partial charge on any atom is -0.390 e. The summed E-state index contributed by atoms with van der Waals surface area (Å²) in [6, 6.07) is 0. The number of allylic oxidation sites excluding steroid dienone is 1. The summed E-state index contributed by atoms with van der Waals surface area (Å²) in [5.74, 6) is 1.21. The Labute approximate surface area is 105 Å². The van der Waals surface area contributed by atoms with E-state index in [1.54, 1.807) is 0 Å². The first-order valence-electron chi connectivity index (χ1n) is 6.83. The summed E-state index contributed by atoms with van der Waals surface area (Å²) in [6.07, 6.45) is 4.76. The van der Waals surface area contributed by atoms with Crippen LogP contribution in [0.3, 0.4) is 0 Å². The lowest BCUT2D eigenvalue weighted by Crippen LogP contribution is -2.48. The summed E-state index contributed by atoms with van der Waals surface area (Å²) in [5, 5.41) is 20.6. The van der Waals surface area contributed by atoms with Gasteiger partial charge in [0.15, 0.2) is 0 Å². The third-order valence-corrected chi connectivity index (χ3v) is 4.91. The first-order valence-corrected chi connectivity index (χ1v) is 6.83. The third kappa shape index (κ3) is 2.58. The van der Waals surface area contributed by atoms with E-state index in [-0.39, 0.29) is 0 Å². The van der Waals surface area contributed by atoms with Crippen molar-refractivity contribution in [3.63, 3.8) is 0 Å². The Morgan fingerprint density at radius 2 is 2.00 bits per heavy atom. The van der Waals surface area contributed by atoms with Crippen LogP contribution in [0.25, 0.3) is 0 Å². The van der Waals surface area contributed by atoms with Gasteiger partial charge in [0.2, 0.25) is 0 Å². The third-order valence-electron chi connectivity index (χ3n) is 4.91. The summed E-state index contributed by atoms with van der Waals surface area (Å²) >= 11 is 0. The van der Waals surface area contributed by atoms with Gasteiger partial charge in [0, 0.05) is 0 Å². The fourth-order valence-electron chi connectivity index (χ4n) is 3.98. The predicted molar refractivity (Wildman–Crippen MR) is 69.6 cm³/mol. The van der Waals surface area contributed by atoms with Gasteiger partial charge < -0.3 is 10.2 Å². The molecule has 2 rings (SSSR count). The number of fused-ring (bicyclic) bond motifs is 1. The SMILES string of the molecule is C=C1CCC(C(C)(C)O)C2CC(C)(O)CCC12. The lowest BCUT2D eigenvalue weighted by molar-refractivity contribution is -0.0875. The van der Waals surface area contributed by atoms with E-state index >= 15 is 0 Å². The molecule has 0 heterocycles. The molecule has 2 aliphatic carbocycles. The summed E-state index contributed by atoms with van der Waals surface area (Å²) < 4.78 is 0. The second-order valence-corrected chi connectivity index (χ2v) is 6.97. The fourth-order valence-corrected chi connectivity index (χ4v) is 3.98. The molecule has 4 atom stereocenters. The summed E-state index contributed by atoms with van der Waals surface area (Å²) in [5.41, 5.74) is 0.144. The molecule has 0 amide bonds. The highest BCUT2D eigenvalue weighted by Crippen LogP contribution is 2.51. The van der Waals surface area contributed by atoms with E-state index in [1.807, 2.05) is 20.8 Å². The molecule has 98 valence electrons. The lowest BCUT2D eigenvalue weighted by Gasteiger charge is -2.50. The molecule has 0 aromatic rings. The van der Waals surface area contributed by atoms with Crippen LogP contribution in [0.4, 0.5) is 0 Å². The van der Waals surface area contributed by atoms with Gasteiger partial charge in [0.1, 0.15) is 0 Å². The zero-order chi connectivity index (χ0) is 12.8. The summed E-state index contributed by atoms with van der Waals surface area (Å²) in [4.78, 5) is 0. The topological polar surface area (TPSA) is 40.5 Å². The highest BCUT2D eigenvalue weighted by Gasteiger charge is 2.47. The molecule has 2 nitrogen and oxygen atoms in total. The molecular formula is C15H26O2. The van der Waals surface area contributed by atoms with Crippen molar-refractivity contribution in [1.82, 2.24) is 0 Å². The van der Waals surface area contributed by atoms with Gasteiger partial charge in [-0.3, -0.25) is 0 Å². The van der Waals surface area contributed by atoms with Crippen molar-refractivity contribution in [2.45, 2.75) is 64.1 Å². The van der Waals surface area contributed by atoms with Crippen LogP contribution in [0.2, 0.25) is 0 Å². The molecule has 4 unspecified atom stereocenters. The molecule has 2 N–H and O–H groups in total. The Balaban J connectivity index is 2.24. The Morgan fingerprint density at radius 1 is 1.35 bits per heavy atom. The van der Waals surface area contributed by atoms with Gasteiger partial charge in [0.25, 0.3) is 0 Å². The molecular weight excluding hydrogens is 212 g/mol. The standard InChI is InChI=1S/C15H26O2/c1-10-5-6-13(14(2,3)16)12-9-15(4,17)8-7-11(10)12/h11-13,16-17H,1,5-9H2,2-4H3. The molecule has 0 bridgehead atoms. The van der Waals surface area contributed by atoms with Crippen LogP contribution in [0.5, 0.6) is 0 Å². The molecule has 0 aliphatic heterocycles. The van der Waals surface area contributed by atoms with Crippen LogP contribution in [0.15, 0.2) is 12.2 Å². The lowest BCUT2D eigenvalue weighted by atomic mass is 9.57. The Bertz CT molecular complexity index is 311. The average Bonchev–Trinajstić information content (AvgIpc) is 2.14. The van der Waals surface area contributed by atoms with Crippen molar-refractivity contribution >= 4 is 0 Å². The predicted octanol–water partition coefficient (Wildman–Crippen LogP) is 2.89. The summed E-state index contributed by atoms with van der Waals surface area (Å²) in [7, 11) is 0. The maximum Gasteiger partial charge on any atom is 0.0623 e. The van der Waals surface area contributed by atoms with Crippen molar-refractivity contribution in [3.05, 3.63) is 12.2 Å². The first-order chi connectivity index (χ1) is 7.71. The van der Waals surface area contributed by atoms with Crippen LogP contribution in [0.1, 0.15) is 52.9 Å². The molecule has 0 aromatic heterocycles.